The maximum Gasteiger partial charge on any atom is 0.225 e. The van der Waals surface area contributed by atoms with Crippen molar-refractivity contribution in [3.05, 3.63) is 29.8 Å². The van der Waals surface area contributed by atoms with Gasteiger partial charge in [0.15, 0.2) is 0 Å². The lowest BCUT2D eigenvalue weighted by atomic mass is 9.79. The molecule has 1 saturated heterocycles. The molecule has 1 heterocycles. The van der Waals surface area contributed by atoms with Gasteiger partial charge < -0.3 is 20.5 Å². The second-order valence-electron chi connectivity index (χ2n) is 6.07. The van der Waals surface area contributed by atoms with Crippen LogP contribution in [0.1, 0.15) is 31.7 Å². The molecule has 2 amide bonds. The number of aryl methyl sites for hydroxylation is 1. The summed E-state index contributed by atoms with van der Waals surface area (Å²) >= 11 is 0. The third-order valence-corrected chi connectivity index (χ3v) is 4.49. The number of hydrogen-bond acceptors (Lipinski definition) is 4. The fourth-order valence-corrected chi connectivity index (χ4v) is 2.88. The lowest BCUT2D eigenvalue weighted by molar-refractivity contribution is -0.134. The first-order valence-electron chi connectivity index (χ1n) is 8.42. The molecule has 24 heavy (non-hydrogen) atoms. The second kappa shape index (κ2) is 8.68. The topological polar surface area (TPSA) is 90.6 Å². The summed E-state index contributed by atoms with van der Waals surface area (Å²) in [7, 11) is 0. The Morgan fingerprint density at radius 3 is 2.67 bits per heavy atom. The van der Waals surface area contributed by atoms with Gasteiger partial charge in [0, 0.05) is 26.2 Å². The van der Waals surface area contributed by atoms with E-state index in [9.17, 15) is 9.59 Å². The number of primary amides is 1. The summed E-state index contributed by atoms with van der Waals surface area (Å²) in [6.07, 6.45) is 2.04. The smallest absolute Gasteiger partial charge is 0.225 e. The van der Waals surface area contributed by atoms with Crippen LogP contribution in [0.4, 0.5) is 0 Å². The van der Waals surface area contributed by atoms with Crippen molar-refractivity contribution in [2.75, 3.05) is 26.4 Å². The lowest BCUT2D eigenvalue weighted by Gasteiger charge is -2.34. The number of amides is 2. The van der Waals surface area contributed by atoms with E-state index in [0.29, 0.717) is 45.5 Å². The summed E-state index contributed by atoms with van der Waals surface area (Å²) in [5.41, 5.74) is 5.87. The summed E-state index contributed by atoms with van der Waals surface area (Å²) in [5, 5.41) is 2.86. The summed E-state index contributed by atoms with van der Waals surface area (Å²) in [5.74, 6) is 0.354. The van der Waals surface area contributed by atoms with E-state index in [1.807, 2.05) is 31.2 Å². The van der Waals surface area contributed by atoms with Crippen LogP contribution in [0.3, 0.4) is 0 Å². The quantitative estimate of drug-likeness (QED) is 0.752. The molecule has 6 heteroatoms. The molecule has 1 fully saturated rings. The molecule has 0 aromatic heterocycles. The maximum absolute atomic E-state index is 12.2. The van der Waals surface area contributed by atoms with Crippen LogP contribution in [0, 0.1) is 5.41 Å². The van der Waals surface area contributed by atoms with Crippen molar-refractivity contribution in [1.82, 2.24) is 5.32 Å². The Labute approximate surface area is 142 Å². The first-order valence-corrected chi connectivity index (χ1v) is 8.42. The summed E-state index contributed by atoms with van der Waals surface area (Å²) in [6, 6.07) is 7.71. The standard InChI is InChI=1S/C18H26N2O4/c1-2-24-15-6-4-3-5-14(15)7-8-16(21)20-13-18(17(19)22)9-11-23-12-10-18/h3-6H,2,7-13H2,1H3,(H2,19,22)(H,20,21). The fourth-order valence-electron chi connectivity index (χ4n) is 2.88. The number of benzene rings is 1. The van der Waals surface area contributed by atoms with Crippen molar-refractivity contribution in [1.29, 1.82) is 0 Å². The number of carbonyl (C=O) groups excluding carboxylic acids is 2. The maximum atomic E-state index is 12.2. The molecule has 1 aliphatic heterocycles. The fraction of sp³-hybridized carbons (Fsp3) is 0.556. The molecule has 0 bridgehead atoms. The Bertz CT molecular complexity index is 568. The predicted octanol–water partition coefficient (Wildman–Crippen LogP) is 1.42. The van der Waals surface area contributed by atoms with Crippen LogP contribution < -0.4 is 15.8 Å². The lowest BCUT2D eigenvalue weighted by Crippen LogP contribution is -2.49. The van der Waals surface area contributed by atoms with Gasteiger partial charge in [-0.05, 0) is 37.8 Å². The minimum absolute atomic E-state index is 0.0894. The van der Waals surface area contributed by atoms with Gasteiger partial charge in [-0.3, -0.25) is 9.59 Å². The molecule has 1 aromatic carbocycles. The van der Waals surface area contributed by atoms with E-state index in [0.717, 1.165) is 11.3 Å². The number of rotatable bonds is 8. The average Bonchev–Trinajstić information content (AvgIpc) is 2.60. The first kappa shape index (κ1) is 18.3. The molecular formula is C18H26N2O4. The third kappa shape index (κ3) is 4.71. The number of nitrogens with two attached hydrogens (primary N) is 1. The van der Waals surface area contributed by atoms with Gasteiger partial charge in [0.05, 0.1) is 12.0 Å². The molecule has 132 valence electrons. The molecule has 3 N–H and O–H groups in total. The minimum atomic E-state index is -0.683. The van der Waals surface area contributed by atoms with Crippen molar-refractivity contribution in [2.45, 2.75) is 32.6 Å². The van der Waals surface area contributed by atoms with Crippen molar-refractivity contribution in [3.63, 3.8) is 0 Å². The summed E-state index contributed by atoms with van der Waals surface area (Å²) in [4.78, 5) is 23.9. The van der Waals surface area contributed by atoms with E-state index in [-0.39, 0.29) is 18.4 Å². The highest BCUT2D eigenvalue weighted by molar-refractivity contribution is 5.83. The van der Waals surface area contributed by atoms with E-state index in [4.69, 9.17) is 15.2 Å². The highest BCUT2D eigenvalue weighted by atomic mass is 16.5. The van der Waals surface area contributed by atoms with E-state index in [1.165, 1.54) is 0 Å². The van der Waals surface area contributed by atoms with Gasteiger partial charge in [-0.15, -0.1) is 0 Å². The van der Waals surface area contributed by atoms with Crippen molar-refractivity contribution >= 4 is 11.8 Å². The van der Waals surface area contributed by atoms with Crippen molar-refractivity contribution < 1.29 is 19.1 Å². The van der Waals surface area contributed by atoms with Crippen molar-refractivity contribution in [2.24, 2.45) is 11.1 Å². The van der Waals surface area contributed by atoms with Crippen LogP contribution in [0.15, 0.2) is 24.3 Å². The average molecular weight is 334 g/mol. The van der Waals surface area contributed by atoms with Crippen LogP contribution in [0.5, 0.6) is 5.75 Å². The number of hydrogen-bond donors (Lipinski definition) is 2. The zero-order valence-electron chi connectivity index (χ0n) is 14.2. The number of nitrogens with one attached hydrogen (secondary N) is 1. The van der Waals surface area contributed by atoms with Crippen LogP contribution in [0.25, 0.3) is 0 Å². The Hall–Kier alpha value is -2.08. The zero-order valence-corrected chi connectivity index (χ0v) is 14.2. The van der Waals surface area contributed by atoms with Gasteiger partial charge in [-0.2, -0.15) is 0 Å². The summed E-state index contributed by atoms with van der Waals surface area (Å²) < 4.78 is 10.9. The number of para-hydroxylation sites is 1. The highest BCUT2D eigenvalue weighted by Crippen LogP contribution is 2.29. The predicted molar refractivity (Wildman–Crippen MR) is 90.6 cm³/mol. The van der Waals surface area contributed by atoms with Crippen LogP contribution >= 0.6 is 0 Å². The Kier molecular flexibility index (Phi) is 6.61. The molecule has 0 radical (unpaired) electrons. The molecule has 0 unspecified atom stereocenters. The van der Waals surface area contributed by atoms with Gasteiger partial charge >= 0.3 is 0 Å². The zero-order chi connectivity index (χ0) is 17.4. The molecule has 1 aliphatic rings. The molecule has 0 saturated carbocycles. The van der Waals surface area contributed by atoms with E-state index < -0.39 is 5.41 Å². The summed E-state index contributed by atoms with van der Waals surface area (Å²) in [6.45, 7) is 3.80. The molecule has 6 nitrogen and oxygen atoms in total. The molecule has 0 aliphatic carbocycles. The third-order valence-electron chi connectivity index (χ3n) is 4.49. The SMILES string of the molecule is CCOc1ccccc1CCC(=O)NCC1(C(N)=O)CCOCC1. The Balaban J connectivity index is 1.86. The van der Waals surface area contributed by atoms with E-state index >= 15 is 0 Å². The monoisotopic (exact) mass is 334 g/mol. The van der Waals surface area contributed by atoms with Crippen LogP contribution in [0.2, 0.25) is 0 Å². The molecular weight excluding hydrogens is 308 g/mol. The van der Waals surface area contributed by atoms with Crippen LogP contribution in [-0.4, -0.2) is 38.2 Å². The van der Waals surface area contributed by atoms with E-state index in [1.54, 1.807) is 0 Å². The number of ether oxygens (including phenoxy) is 2. The second-order valence-corrected chi connectivity index (χ2v) is 6.07. The van der Waals surface area contributed by atoms with Gasteiger partial charge in [0.1, 0.15) is 5.75 Å². The van der Waals surface area contributed by atoms with Gasteiger partial charge in [0.25, 0.3) is 0 Å². The molecule has 1 aromatic rings. The molecule has 0 atom stereocenters. The van der Waals surface area contributed by atoms with Crippen LogP contribution in [-0.2, 0) is 20.7 Å². The largest absolute Gasteiger partial charge is 0.494 e. The molecule has 2 rings (SSSR count). The van der Waals surface area contributed by atoms with Crippen molar-refractivity contribution in [3.8, 4) is 5.75 Å². The normalized spacial score (nSPS) is 16.4. The van der Waals surface area contributed by atoms with E-state index in [2.05, 4.69) is 5.32 Å². The first-order chi connectivity index (χ1) is 11.6. The Morgan fingerprint density at radius 2 is 2.00 bits per heavy atom. The highest BCUT2D eigenvalue weighted by Gasteiger charge is 2.38. The Morgan fingerprint density at radius 1 is 1.29 bits per heavy atom. The van der Waals surface area contributed by atoms with Gasteiger partial charge in [-0.25, -0.2) is 0 Å². The molecule has 0 spiro atoms. The van der Waals surface area contributed by atoms with Gasteiger partial charge in [0.2, 0.25) is 11.8 Å². The van der Waals surface area contributed by atoms with Gasteiger partial charge in [-0.1, -0.05) is 18.2 Å². The number of carbonyl (C=O) groups is 2. The minimum Gasteiger partial charge on any atom is -0.494 e.